The van der Waals surface area contributed by atoms with Crippen LogP contribution in [0.15, 0.2) is 48.5 Å². The van der Waals surface area contributed by atoms with Gasteiger partial charge in [-0.1, -0.05) is 12.1 Å². The number of nitrogens with one attached hydrogen (secondary N) is 3. The van der Waals surface area contributed by atoms with E-state index in [0.717, 1.165) is 37.8 Å². The van der Waals surface area contributed by atoms with Crippen molar-refractivity contribution in [3.05, 3.63) is 59.8 Å². The van der Waals surface area contributed by atoms with Gasteiger partial charge in [-0.15, -0.1) is 0 Å². The van der Waals surface area contributed by atoms with Crippen molar-refractivity contribution in [1.82, 2.24) is 15.2 Å². The number of aromatic nitrogens is 1. The van der Waals surface area contributed by atoms with Crippen molar-refractivity contribution in [1.29, 1.82) is 0 Å². The van der Waals surface area contributed by atoms with Crippen LogP contribution in [0.4, 0.5) is 11.4 Å². The summed E-state index contributed by atoms with van der Waals surface area (Å²) in [6, 6.07) is 13.1. The van der Waals surface area contributed by atoms with Crippen LogP contribution in [0, 0.1) is 11.8 Å². The summed E-state index contributed by atoms with van der Waals surface area (Å²) in [5, 5.41) is 15.8. The number of fused-ring (bicyclic) bond motifs is 1. The molecule has 0 saturated heterocycles. The monoisotopic (exact) mass is 561 g/mol. The van der Waals surface area contributed by atoms with Gasteiger partial charge in [0.1, 0.15) is 11.7 Å². The van der Waals surface area contributed by atoms with E-state index >= 15 is 0 Å². The molecule has 1 aliphatic rings. The molecule has 41 heavy (non-hydrogen) atoms. The Bertz CT molecular complexity index is 1420. The molecule has 4 rings (SSSR count). The number of hydrogen-bond donors (Lipinski definition) is 4. The molecule has 0 bridgehead atoms. The van der Waals surface area contributed by atoms with Crippen LogP contribution >= 0.6 is 0 Å². The van der Waals surface area contributed by atoms with Crippen LogP contribution in [0.3, 0.4) is 0 Å². The minimum Gasteiger partial charge on any atom is -0.477 e. The zero-order valence-electron chi connectivity index (χ0n) is 24.1. The van der Waals surface area contributed by atoms with E-state index in [9.17, 15) is 24.3 Å². The maximum atomic E-state index is 13.6. The van der Waals surface area contributed by atoms with Crippen molar-refractivity contribution in [2.24, 2.45) is 11.8 Å². The van der Waals surface area contributed by atoms with Gasteiger partial charge in [0, 0.05) is 55.1 Å². The highest BCUT2D eigenvalue weighted by atomic mass is 16.4. The van der Waals surface area contributed by atoms with Crippen molar-refractivity contribution >= 4 is 46.0 Å². The lowest BCUT2D eigenvalue weighted by atomic mass is 9.81. The van der Waals surface area contributed by atoms with E-state index in [-0.39, 0.29) is 35.8 Å². The van der Waals surface area contributed by atoms with Gasteiger partial charge in [0.2, 0.25) is 17.7 Å². The van der Waals surface area contributed by atoms with Gasteiger partial charge in [-0.2, -0.15) is 0 Å². The molecule has 1 heterocycles. The van der Waals surface area contributed by atoms with Crippen molar-refractivity contribution in [2.45, 2.75) is 45.1 Å². The Kier molecular flexibility index (Phi) is 9.44. The lowest BCUT2D eigenvalue weighted by Crippen LogP contribution is -2.48. The highest BCUT2D eigenvalue weighted by molar-refractivity contribution is 6.00. The second-order valence-electron chi connectivity index (χ2n) is 11.3. The largest absolute Gasteiger partial charge is 0.477 e. The number of aromatic carboxylic acids is 1. The van der Waals surface area contributed by atoms with Gasteiger partial charge in [0.05, 0.1) is 0 Å². The third-order valence-corrected chi connectivity index (χ3v) is 7.80. The maximum Gasteiger partial charge on any atom is 0.352 e. The van der Waals surface area contributed by atoms with Crippen LogP contribution in [-0.2, 0) is 20.8 Å². The van der Waals surface area contributed by atoms with E-state index in [1.165, 1.54) is 17.9 Å². The number of amides is 3. The van der Waals surface area contributed by atoms with Crippen molar-refractivity contribution < 1.29 is 24.3 Å². The first-order valence-corrected chi connectivity index (χ1v) is 14.0. The van der Waals surface area contributed by atoms with E-state index in [1.54, 1.807) is 25.2 Å². The SMILES string of the molecule is CC(=O)N(C)c1cccc(C[C@H](NC(=O)C2CCC(CN(C)C)CC2)C(=O)Nc2ccc3[nH]c(C(=O)O)cc3c2)c1. The second kappa shape index (κ2) is 13.0. The number of carbonyl (C=O) groups excluding carboxylic acids is 3. The van der Waals surface area contributed by atoms with Crippen molar-refractivity contribution in [3.8, 4) is 0 Å². The number of carboxylic acids is 1. The number of H-pyrrole nitrogens is 1. The zero-order chi connectivity index (χ0) is 29.7. The summed E-state index contributed by atoms with van der Waals surface area (Å²) in [5.74, 6) is -1.26. The van der Waals surface area contributed by atoms with Gasteiger partial charge in [0.15, 0.2) is 0 Å². The number of benzene rings is 2. The smallest absolute Gasteiger partial charge is 0.352 e. The van der Waals surface area contributed by atoms with Crippen LogP contribution in [0.2, 0.25) is 0 Å². The summed E-state index contributed by atoms with van der Waals surface area (Å²) >= 11 is 0. The van der Waals surface area contributed by atoms with Gasteiger partial charge in [-0.3, -0.25) is 14.4 Å². The van der Waals surface area contributed by atoms with Crippen LogP contribution < -0.4 is 15.5 Å². The number of hydrogen-bond acceptors (Lipinski definition) is 5. The molecule has 1 aromatic heterocycles. The summed E-state index contributed by atoms with van der Waals surface area (Å²) in [6.07, 6.45) is 3.76. The standard InChI is InChI=1S/C31H39N5O5/c1-19(37)36(4)25-7-5-6-21(14-25)15-27(34-29(38)22-10-8-20(9-11-22)18-35(2)3)30(39)32-24-12-13-26-23(16-24)17-28(33-26)31(40)41/h5-7,12-14,16-17,20,22,27,33H,8-11,15,18H2,1-4H3,(H,32,39)(H,34,38)(H,40,41)/t20?,22?,27-/m0/s1. The fourth-order valence-corrected chi connectivity index (χ4v) is 5.49. The molecule has 2 aromatic carbocycles. The van der Waals surface area contributed by atoms with Crippen LogP contribution in [0.1, 0.15) is 48.7 Å². The molecule has 0 unspecified atom stereocenters. The van der Waals surface area contributed by atoms with Crippen LogP contribution in [-0.4, -0.2) is 72.4 Å². The molecule has 1 aliphatic carbocycles. The van der Waals surface area contributed by atoms with Crippen LogP contribution in [0.5, 0.6) is 0 Å². The third kappa shape index (κ3) is 7.73. The normalized spacial score (nSPS) is 17.7. The Morgan fingerprint density at radius 1 is 1.00 bits per heavy atom. The fourth-order valence-electron chi connectivity index (χ4n) is 5.49. The van der Waals surface area contributed by atoms with E-state index in [4.69, 9.17) is 0 Å². The third-order valence-electron chi connectivity index (χ3n) is 7.80. The minimum atomic E-state index is -1.07. The molecule has 1 saturated carbocycles. The molecule has 10 nitrogen and oxygen atoms in total. The van der Waals surface area contributed by atoms with Crippen molar-refractivity contribution in [3.63, 3.8) is 0 Å². The molecule has 218 valence electrons. The number of aromatic amines is 1. The molecule has 4 N–H and O–H groups in total. The molecule has 1 fully saturated rings. The summed E-state index contributed by atoms with van der Waals surface area (Å²) < 4.78 is 0. The van der Waals surface area contributed by atoms with Gasteiger partial charge in [-0.05, 0) is 87.7 Å². The summed E-state index contributed by atoms with van der Waals surface area (Å²) in [5.41, 5.74) is 2.70. The Morgan fingerprint density at radius 3 is 2.39 bits per heavy atom. The predicted molar refractivity (Wildman–Crippen MR) is 159 cm³/mol. The Hall–Kier alpha value is -4.18. The van der Waals surface area contributed by atoms with Gasteiger partial charge < -0.3 is 30.5 Å². The molecule has 0 aliphatic heterocycles. The lowest BCUT2D eigenvalue weighted by molar-refractivity contribution is -0.130. The Morgan fingerprint density at radius 2 is 1.73 bits per heavy atom. The molecule has 0 spiro atoms. The molecule has 3 aromatic rings. The van der Waals surface area contributed by atoms with Crippen molar-refractivity contribution in [2.75, 3.05) is 37.9 Å². The van der Waals surface area contributed by atoms with E-state index in [1.807, 2.05) is 24.3 Å². The van der Waals surface area contributed by atoms with E-state index < -0.39 is 12.0 Å². The van der Waals surface area contributed by atoms with Crippen LogP contribution in [0.25, 0.3) is 10.9 Å². The summed E-state index contributed by atoms with van der Waals surface area (Å²) in [7, 11) is 5.81. The molecule has 1 atom stereocenters. The van der Waals surface area contributed by atoms with E-state index in [0.29, 0.717) is 28.2 Å². The highest BCUT2D eigenvalue weighted by Gasteiger charge is 2.30. The topological polar surface area (TPSA) is 135 Å². The Labute approximate surface area is 240 Å². The quantitative estimate of drug-likeness (QED) is 0.297. The minimum absolute atomic E-state index is 0.0596. The maximum absolute atomic E-state index is 13.6. The number of rotatable bonds is 10. The average Bonchev–Trinajstić information content (AvgIpc) is 3.36. The highest BCUT2D eigenvalue weighted by Crippen LogP contribution is 2.29. The molecule has 0 radical (unpaired) electrons. The second-order valence-corrected chi connectivity index (χ2v) is 11.3. The molecule has 3 amide bonds. The number of carboxylic acid groups (broad SMARTS) is 1. The lowest BCUT2D eigenvalue weighted by Gasteiger charge is -2.30. The van der Waals surface area contributed by atoms with Gasteiger partial charge in [0.25, 0.3) is 0 Å². The molecule has 10 heteroatoms. The average molecular weight is 562 g/mol. The first-order chi connectivity index (χ1) is 19.5. The number of anilines is 2. The van der Waals surface area contributed by atoms with Gasteiger partial charge >= 0.3 is 5.97 Å². The number of carbonyl (C=O) groups is 4. The zero-order valence-corrected chi connectivity index (χ0v) is 24.1. The Balaban J connectivity index is 1.52. The van der Waals surface area contributed by atoms with E-state index in [2.05, 4.69) is 34.6 Å². The summed E-state index contributed by atoms with van der Waals surface area (Å²) in [4.78, 5) is 56.7. The molecular weight excluding hydrogens is 522 g/mol. The van der Waals surface area contributed by atoms with Gasteiger partial charge in [-0.25, -0.2) is 4.79 Å². The first kappa shape index (κ1) is 29.8. The number of nitrogens with zero attached hydrogens (tertiary/aromatic N) is 2. The predicted octanol–water partition coefficient (Wildman–Crippen LogP) is 3.88. The molecular formula is C31H39N5O5. The fraction of sp³-hybridized carbons (Fsp3) is 0.419. The summed E-state index contributed by atoms with van der Waals surface area (Å²) in [6.45, 7) is 2.49. The first-order valence-electron chi connectivity index (χ1n) is 14.0.